The van der Waals surface area contributed by atoms with Gasteiger partial charge in [-0.2, -0.15) is 5.26 Å². The van der Waals surface area contributed by atoms with E-state index < -0.39 is 12.0 Å². The molecule has 2 atom stereocenters. The van der Waals surface area contributed by atoms with E-state index in [1.807, 2.05) is 4.90 Å². The number of aromatic nitrogens is 1. The fourth-order valence-electron chi connectivity index (χ4n) is 4.32. The summed E-state index contributed by atoms with van der Waals surface area (Å²) in [7, 11) is 0. The Morgan fingerprint density at radius 3 is 2.97 bits per heavy atom. The van der Waals surface area contributed by atoms with Gasteiger partial charge in [-0.15, -0.1) is 0 Å². The second-order valence-electron chi connectivity index (χ2n) is 8.16. The number of H-pyrrole nitrogens is 1. The van der Waals surface area contributed by atoms with Gasteiger partial charge in [0, 0.05) is 30.2 Å². The van der Waals surface area contributed by atoms with E-state index in [4.69, 9.17) is 10.00 Å². The van der Waals surface area contributed by atoms with E-state index in [2.05, 4.69) is 40.6 Å². The molecule has 8 heteroatoms. The van der Waals surface area contributed by atoms with Gasteiger partial charge >= 0.3 is 5.97 Å². The normalized spacial score (nSPS) is 16.8. The molecule has 1 aromatic heterocycles. The van der Waals surface area contributed by atoms with E-state index in [1.54, 1.807) is 6.92 Å². The molecule has 3 rings (SSSR count). The fourth-order valence-corrected chi connectivity index (χ4v) is 4.32. The monoisotopic (exact) mass is 440 g/mol. The maximum Gasteiger partial charge on any atom is 0.319 e. The molecule has 1 amide bonds. The molecule has 1 aliphatic rings. The van der Waals surface area contributed by atoms with Crippen molar-refractivity contribution in [1.82, 2.24) is 15.2 Å². The summed E-state index contributed by atoms with van der Waals surface area (Å²) in [6.07, 6.45) is 4.76. The number of esters is 1. The van der Waals surface area contributed by atoms with Gasteiger partial charge in [-0.05, 0) is 62.1 Å². The largest absolute Gasteiger partial charge is 0.465 e. The van der Waals surface area contributed by atoms with Gasteiger partial charge in [-0.3, -0.25) is 14.9 Å². The molecule has 1 aliphatic heterocycles. The number of amides is 1. The number of aryl methyl sites for hydroxylation is 2. The first kappa shape index (κ1) is 23.8. The van der Waals surface area contributed by atoms with Crippen molar-refractivity contribution in [1.29, 1.82) is 5.26 Å². The Morgan fingerprint density at radius 2 is 2.22 bits per heavy atom. The first-order valence-electron chi connectivity index (χ1n) is 11.3. The summed E-state index contributed by atoms with van der Waals surface area (Å²) < 4.78 is 4.88. The van der Waals surface area contributed by atoms with E-state index in [-0.39, 0.29) is 31.7 Å². The van der Waals surface area contributed by atoms with Crippen molar-refractivity contribution in [3.8, 4) is 6.07 Å². The van der Waals surface area contributed by atoms with Crippen molar-refractivity contribution in [3.05, 3.63) is 35.5 Å². The van der Waals surface area contributed by atoms with Crippen molar-refractivity contribution in [2.24, 2.45) is 0 Å². The molecule has 0 bridgehead atoms. The zero-order valence-corrected chi connectivity index (χ0v) is 18.6. The summed E-state index contributed by atoms with van der Waals surface area (Å²) in [6, 6.07) is 9.86. The average Bonchev–Trinajstić information content (AvgIpc) is 3.42. The number of aliphatic hydroxyl groups is 1. The van der Waals surface area contributed by atoms with Gasteiger partial charge in [0.25, 0.3) is 0 Å². The lowest BCUT2D eigenvalue weighted by Gasteiger charge is -2.28. The van der Waals surface area contributed by atoms with Crippen LogP contribution in [0.4, 0.5) is 0 Å². The summed E-state index contributed by atoms with van der Waals surface area (Å²) in [4.78, 5) is 29.8. The molecule has 3 N–H and O–H groups in total. The van der Waals surface area contributed by atoms with Crippen molar-refractivity contribution in [3.63, 3.8) is 0 Å². The van der Waals surface area contributed by atoms with Crippen LogP contribution in [0.2, 0.25) is 0 Å². The second kappa shape index (κ2) is 11.7. The summed E-state index contributed by atoms with van der Waals surface area (Å²) >= 11 is 0. The Hall–Kier alpha value is -2.89. The molecule has 8 nitrogen and oxygen atoms in total. The number of benzene rings is 1. The number of hydrogen-bond acceptors (Lipinski definition) is 6. The summed E-state index contributed by atoms with van der Waals surface area (Å²) in [5.74, 6) is -0.607. The molecule has 0 unspecified atom stereocenters. The number of fused-ring (bicyclic) bond motifs is 1. The molecule has 0 saturated carbocycles. The van der Waals surface area contributed by atoms with E-state index in [1.165, 1.54) is 0 Å². The Morgan fingerprint density at radius 1 is 1.38 bits per heavy atom. The quantitative estimate of drug-likeness (QED) is 0.460. The van der Waals surface area contributed by atoms with Crippen molar-refractivity contribution < 1.29 is 19.4 Å². The lowest BCUT2D eigenvalue weighted by atomic mass is 10.1. The summed E-state index contributed by atoms with van der Waals surface area (Å²) in [5, 5.41) is 22.4. The van der Waals surface area contributed by atoms with Crippen LogP contribution in [-0.4, -0.2) is 65.3 Å². The number of ether oxygens (including phenoxy) is 1. The van der Waals surface area contributed by atoms with Gasteiger partial charge in [0.05, 0.1) is 25.8 Å². The smallest absolute Gasteiger partial charge is 0.319 e. The third-order valence-electron chi connectivity index (χ3n) is 5.95. The molecule has 2 aromatic rings. The fraction of sp³-hybridized carbons (Fsp3) is 0.542. The molecule has 1 saturated heterocycles. The van der Waals surface area contributed by atoms with Gasteiger partial charge in [-0.1, -0.05) is 12.1 Å². The van der Waals surface area contributed by atoms with Gasteiger partial charge in [-0.25, -0.2) is 0 Å². The van der Waals surface area contributed by atoms with E-state index in [0.717, 1.165) is 54.3 Å². The van der Waals surface area contributed by atoms with Crippen LogP contribution in [0.3, 0.4) is 0 Å². The van der Waals surface area contributed by atoms with Crippen LogP contribution in [0.15, 0.2) is 24.3 Å². The number of carbonyl (C=O) groups excluding carboxylic acids is 2. The number of hydrogen-bond donors (Lipinski definition) is 3. The SMILES string of the molecule is CCOC(=O)CN[C@H](CO)C(=O)N1CCC[C@H]1CCc1cc2ccc(CCC#N)cc2[nH]1. The highest BCUT2D eigenvalue weighted by Crippen LogP contribution is 2.24. The summed E-state index contributed by atoms with van der Waals surface area (Å²) in [5.41, 5.74) is 3.33. The van der Waals surface area contributed by atoms with Gasteiger partial charge in [0.2, 0.25) is 5.91 Å². The van der Waals surface area contributed by atoms with Crippen molar-refractivity contribution >= 4 is 22.8 Å². The lowest BCUT2D eigenvalue weighted by Crippen LogP contribution is -2.51. The van der Waals surface area contributed by atoms with E-state index >= 15 is 0 Å². The van der Waals surface area contributed by atoms with Gasteiger partial charge < -0.3 is 19.7 Å². The Labute approximate surface area is 188 Å². The summed E-state index contributed by atoms with van der Waals surface area (Å²) in [6.45, 7) is 2.20. The highest BCUT2D eigenvalue weighted by molar-refractivity contribution is 5.83. The lowest BCUT2D eigenvalue weighted by molar-refractivity contribution is -0.142. The van der Waals surface area contributed by atoms with Crippen LogP contribution in [-0.2, 0) is 27.2 Å². The van der Waals surface area contributed by atoms with Crippen molar-refractivity contribution in [2.75, 3.05) is 26.3 Å². The van der Waals surface area contributed by atoms with Crippen LogP contribution < -0.4 is 5.32 Å². The maximum absolute atomic E-state index is 13.0. The predicted molar refractivity (Wildman–Crippen MR) is 121 cm³/mol. The van der Waals surface area contributed by atoms with E-state index in [0.29, 0.717) is 13.0 Å². The minimum Gasteiger partial charge on any atom is -0.465 e. The number of aliphatic hydroxyl groups excluding tert-OH is 1. The second-order valence-corrected chi connectivity index (χ2v) is 8.16. The first-order valence-corrected chi connectivity index (χ1v) is 11.3. The van der Waals surface area contributed by atoms with Gasteiger partial charge in [0.15, 0.2) is 0 Å². The molecular weight excluding hydrogens is 408 g/mol. The zero-order valence-electron chi connectivity index (χ0n) is 18.6. The number of rotatable bonds is 11. The van der Waals surface area contributed by atoms with Crippen LogP contribution >= 0.6 is 0 Å². The number of likely N-dealkylation sites (tertiary alicyclic amines) is 1. The molecule has 32 heavy (non-hydrogen) atoms. The van der Waals surface area contributed by atoms with Crippen LogP contribution in [0.25, 0.3) is 10.9 Å². The highest BCUT2D eigenvalue weighted by Gasteiger charge is 2.32. The topological polar surface area (TPSA) is 118 Å². The number of carbonyl (C=O) groups is 2. The number of nitrogens with zero attached hydrogens (tertiary/aromatic N) is 2. The molecule has 0 radical (unpaired) electrons. The third kappa shape index (κ3) is 6.09. The maximum atomic E-state index is 13.0. The standard InChI is InChI=1S/C24H32N4O4/c1-2-32-23(30)15-26-22(16-29)24(31)28-12-4-6-20(28)10-9-19-14-18-8-7-17(5-3-11-25)13-21(18)27-19/h7-8,13-14,20,22,26-27,29H,2-6,9-10,12,15-16H2,1H3/t20-,22+/m0/s1. The molecule has 2 heterocycles. The van der Waals surface area contributed by atoms with Crippen LogP contribution in [0.5, 0.6) is 0 Å². The Balaban J connectivity index is 1.57. The highest BCUT2D eigenvalue weighted by atomic mass is 16.5. The predicted octanol–water partition coefficient (Wildman–Crippen LogP) is 2.06. The minimum absolute atomic E-state index is 0.102. The van der Waals surface area contributed by atoms with Gasteiger partial charge in [0.1, 0.15) is 6.04 Å². The molecule has 172 valence electrons. The third-order valence-corrected chi connectivity index (χ3v) is 5.95. The average molecular weight is 441 g/mol. The minimum atomic E-state index is -0.806. The molecule has 0 aliphatic carbocycles. The molecular formula is C24H32N4O4. The number of aromatic amines is 1. The first-order chi connectivity index (χ1) is 15.5. The molecule has 1 fully saturated rings. The zero-order chi connectivity index (χ0) is 22.9. The van der Waals surface area contributed by atoms with Crippen molar-refractivity contribution in [2.45, 2.75) is 57.5 Å². The molecule has 1 aromatic carbocycles. The Bertz CT molecular complexity index is 965. The number of nitriles is 1. The number of nitrogens with one attached hydrogen (secondary N) is 2. The van der Waals surface area contributed by atoms with E-state index in [9.17, 15) is 14.7 Å². The van der Waals surface area contributed by atoms with Crippen LogP contribution in [0.1, 0.15) is 43.9 Å². The Kier molecular flexibility index (Phi) is 8.65. The molecule has 0 spiro atoms. The van der Waals surface area contributed by atoms with Crippen LogP contribution in [0, 0.1) is 11.3 Å².